The van der Waals surface area contributed by atoms with Crippen LogP contribution in [0, 0.1) is 5.92 Å². The van der Waals surface area contributed by atoms with Crippen LogP contribution in [0.1, 0.15) is 81.8 Å². The Bertz CT molecular complexity index is 1640. The third-order valence-electron chi connectivity index (χ3n) is 7.76. The van der Waals surface area contributed by atoms with Crippen LogP contribution in [0.2, 0.25) is 0 Å². The Balaban J connectivity index is 1.52. The van der Waals surface area contributed by atoms with Gasteiger partial charge in [0.05, 0.1) is 17.0 Å². The summed E-state index contributed by atoms with van der Waals surface area (Å²) in [7, 11) is -3.79. The van der Waals surface area contributed by atoms with Crippen molar-refractivity contribution in [2.24, 2.45) is 5.92 Å². The Hall–Kier alpha value is -3.58. The third-order valence-corrected chi connectivity index (χ3v) is 9.22. The summed E-state index contributed by atoms with van der Waals surface area (Å²) in [5, 5.41) is 25.4. The van der Waals surface area contributed by atoms with Crippen molar-refractivity contribution in [3.8, 4) is 0 Å². The molecule has 3 aromatic heterocycles. The van der Waals surface area contributed by atoms with E-state index in [-0.39, 0.29) is 22.9 Å². The first-order chi connectivity index (χ1) is 19.3. The lowest BCUT2D eigenvalue weighted by molar-refractivity contribution is 0.560. The molecule has 1 aromatic carbocycles. The normalized spacial score (nSPS) is 18.9. The summed E-state index contributed by atoms with van der Waals surface area (Å²) >= 11 is 0. The summed E-state index contributed by atoms with van der Waals surface area (Å²) in [5.41, 5.74) is 2.86. The monoisotopic (exact) mass is 564 g/mol. The minimum Gasteiger partial charge on any atom is -0.347 e. The highest BCUT2D eigenvalue weighted by Crippen LogP contribution is 2.48. The number of nitrogens with one attached hydrogen (secondary N) is 3. The lowest BCUT2D eigenvalue weighted by Crippen LogP contribution is -2.28. The fourth-order valence-electron chi connectivity index (χ4n) is 5.45. The summed E-state index contributed by atoms with van der Waals surface area (Å²) in [5.74, 6) is 1.88. The van der Waals surface area contributed by atoms with E-state index < -0.39 is 10.0 Å². The van der Waals surface area contributed by atoms with Crippen molar-refractivity contribution in [1.82, 2.24) is 39.2 Å². The maximum absolute atomic E-state index is 13.8. The molecule has 2 atom stereocenters. The quantitative estimate of drug-likeness (QED) is 0.246. The molecule has 1 fully saturated rings. The molecular weight excluding hydrogens is 528 g/mol. The second-order valence-electron chi connectivity index (χ2n) is 11.1. The molecule has 0 saturated heterocycles. The molecule has 4 aromatic rings. The van der Waals surface area contributed by atoms with Crippen LogP contribution < -0.4 is 15.4 Å². The fourth-order valence-corrected chi connectivity index (χ4v) is 6.90. The number of benzene rings is 1. The van der Waals surface area contributed by atoms with E-state index in [4.69, 9.17) is 4.98 Å². The standard InChI is InChI=1S/C27H36N10O2S/c1-5-36-14-29-34-26(36)32-22-11-23(33-27-35-30-15-37(27)6-2)25-19(22)10-24(40(38,39)31-12-16(3)4)18-9-21(17-7-8-17)28-13-20(18)25/h9-10,13-17,22-23,31H,5-8,11-12H2,1-4H3,(H,32,34)(H,33,35)/t22-,23-/m1/s1. The van der Waals surface area contributed by atoms with Crippen LogP contribution in [0.5, 0.6) is 0 Å². The van der Waals surface area contributed by atoms with E-state index in [0.717, 1.165) is 41.6 Å². The summed E-state index contributed by atoms with van der Waals surface area (Å²) in [4.78, 5) is 5.10. The average Bonchev–Trinajstić information content (AvgIpc) is 3.37. The van der Waals surface area contributed by atoms with Crippen LogP contribution in [0.15, 0.2) is 35.9 Å². The molecule has 0 amide bonds. The summed E-state index contributed by atoms with van der Waals surface area (Å²) in [6.45, 7) is 9.85. The van der Waals surface area contributed by atoms with Gasteiger partial charge in [0.1, 0.15) is 12.7 Å². The molecule has 2 aliphatic carbocycles. The van der Waals surface area contributed by atoms with Crippen LogP contribution in [-0.4, -0.2) is 49.5 Å². The van der Waals surface area contributed by atoms with Gasteiger partial charge in [-0.15, -0.1) is 20.4 Å². The van der Waals surface area contributed by atoms with E-state index in [1.807, 2.05) is 55.2 Å². The average molecular weight is 565 g/mol. The molecule has 0 unspecified atom stereocenters. The smallest absolute Gasteiger partial charge is 0.241 e. The van der Waals surface area contributed by atoms with Gasteiger partial charge in [-0.1, -0.05) is 13.8 Å². The first kappa shape index (κ1) is 26.6. The zero-order chi connectivity index (χ0) is 28.0. The Morgan fingerprint density at radius 2 is 1.60 bits per heavy atom. The van der Waals surface area contributed by atoms with Crippen molar-refractivity contribution < 1.29 is 8.42 Å². The fraction of sp³-hybridized carbons (Fsp3) is 0.519. The number of rotatable bonds is 11. The van der Waals surface area contributed by atoms with Crippen molar-refractivity contribution in [2.75, 3.05) is 17.2 Å². The highest BCUT2D eigenvalue weighted by Gasteiger charge is 2.37. The lowest BCUT2D eigenvalue weighted by atomic mass is 9.98. The molecule has 3 N–H and O–H groups in total. The Labute approximate surface area is 234 Å². The van der Waals surface area contributed by atoms with E-state index in [0.29, 0.717) is 42.7 Å². The summed E-state index contributed by atoms with van der Waals surface area (Å²) < 4.78 is 34.3. The molecule has 3 heterocycles. The molecule has 0 spiro atoms. The number of aromatic nitrogens is 7. The van der Waals surface area contributed by atoms with Gasteiger partial charge in [0.15, 0.2) is 0 Å². The van der Waals surface area contributed by atoms with E-state index in [9.17, 15) is 8.42 Å². The van der Waals surface area contributed by atoms with Gasteiger partial charge in [-0.25, -0.2) is 13.1 Å². The zero-order valence-corrected chi connectivity index (χ0v) is 24.1. The second kappa shape index (κ2) is 10.4. The number of fused-ring (bicyclic) bond motifs is 3. The molecule has 12 nitrogen and oxygen atoms in total. The Morgan fingerprint density at radius 3 is 2.20 bits per heavy atom. The topological polar surface area (TPSA) is 145 Å². The van der Waals surface area contributed by atoms with Crippen LogP contribution in [0.3, 0.4) is 0 Å². The van der Waals surface area contributed by atoms with Gasteiger partial charge < -0.3 is 19.8 Å². The maximum Gasteiger partial charge on any atom is 0.241 e. The van der Waals surface area contributed by atoms with Gasteiger partial charge in [-0.3, -0.25) is 4.98 Å². The molecule has 6 rings (SSSR count). The molecule has 2 aliphatic rings. The van der Waals surface area contributed by atoms with Crippen molar-refractivity contribution >= 4 is 32.7 Å². The molecule has 0 radical (unpaired) electrons. The lowest BCUT2D eigenvalue weighted by Gasteiger charge is -2.19. The second-order valence-corrected chi connectivity index (χ2v) is 12.8. The van der Waals surface area contributed by atoms with Gasteiger partial charge in [0, 0.05) is 48.2 Å². The maximum atomic E-state index is 13.8. The van der Waals surface area contributed by atoms with Crippen LogP contribution in [0.25, 0.3) is 10.8 Å². The SMILES string of the molecule is CCn1cnnc1N[C@@H]1C[C@@H](Nc2nncn2CC)c2c1cc(S(=O)(=O)NCC(C)C)c1cc(C3CC3)ncc21. The van der Waals surface area contributed by atoms with Crippen molar-refractivity contribution in [2.45, 2.75) is 82.9 Å². The van der Waals surface area contributed by atoms with E-state index in [1.54, 1.807) is 12.7 Å². The minimum atomic E-state index is -3.79. The van der Waals surface area contributed by atoms with Gasteiger partial charge >= 0.3 is 0 Å². The summed E-state index contributed by atoms with van der Waals surface area (Å²) in [6, 6.07) is 3.45. The van der Waals surface area contributed by atoms with Crippen LogP contribution in [-0.2, 0) is 23.1 Å². The first-order valence-electron chi connectivity index (χ1n) is 14.0. The molecule has 0 aliphatic heterocycles. The number of anilines is 2. The van der Waals surface area contributed by atoms with Crippen molar-refractivity contribution in [3.05, 3.63) is 47.8 Å². The highest BCUT2D eigenvalue weighted by molar-refractivity contribution is 7.89. The summed E-state index contributed by atoms with van der Waals surface area (Å²) in [6.07, 6.45) is 8.06. The van der Waals surface area contributed by atoms with Crippen LogP contribution >= 0.6 is 0 Å². The molecular formula is C27H36N10O2S. The number of pyridine rings is 1. The van der Waals surface area contributed by atoms with E-state index in [2.05, 4.69) is 35.8 Å². The predicted octanol–water partition coefficient (Wildman–Crippen LogP) is 3.98. The first-order valence-corrected chi connectivity index (χ1v) is 15.5. The van der Waals surface area contributed by atoms with Gasteiger partial charge in [0.25, 0.3) is 0 Å². The highest BCUT2D eigenvalue weighted by atomic mass is 32.2. The van der Waals surface area contributed by atoms with E-state index in [1.165, 1.54) is 0 Å². The number of hydrogen-bond donors (Lipinski definition) is 3. The minimum absolute atomic E-state index is 0.156. The molecule has 1 saturated carbocycles. The molecule has 40 heavy (non-hydrogen) atoms. The van der Waals surface area contributed by atoms with Gasteiger partial charge in [-0.2, -0.15) is 0 Å². The Kier molecular flexibility index (Phi) is 6.95. The predicted molar refractivity (Wildman–Crippen MR) is 152 cm³/mol. The van der Waals surface area contributed by atoms with Crippen molar-refractivity contribution in [1.29, 1.82) is 0 Å². The molecule has 13 heteroatoms. The number of hydrogen-bond acceptors (Lipinski definition) is 9. The largest absolute Gasteiger partial charge is 0.347 e. The zero-order valence-electron chi connectivity index (χ0n) is 23.3. The third kappa shape index (κ3) is 4.92. The van der Waals surface area contributed by atoms with Gasteiger partial charge in [-0.05, 0) is 62.3 Å². The molecule has 0 bridgehead atoms. The molecule has 212 valence electrons. The van der Waals surface area contributed by atoms with Crippen molar-refractivity contribution in [3.63, 3.8) is 0 Å². The van der Waals surface area contributed by atoms with Gasteiger partial charge in [0.2, 0.25) is 21.9 Å². The number of aryl methyl sites for hydroxylation is 2. The Morgan fingerprint density at radius 1 is 0.950 bits per heavy atom. The number of sulfonamides is 1. The number of nitrogens with zero attached hydrogens (tertiary/aromatic N) is 7. The van der Waals surface area contributed by atoms with E-state index >= 15 is 0 Å². The van der Waals surface area contributed by atoms with Crippen LogP contribution in [0.4, 0.5) is 11.9 Å².